The maximum Gasteiger partial charge on any atom is 0.255 e. The van der Waals surface area contributed by atoms with Gasteiger partial charge in [0, 0.05) is 31.4 Å². The number of Topliss-reactive ketones (excluding diaryl/α,β-unsaturated/α-hetero) is 2. The van der Waals surface area contributed by atoms with Gasteiger partial charge in [-0.3, -0.25) is 14.4 Å². The summed E-state index contributed by atoms with van der Waals surface area (Å²) in [7, 11) is 0. The van der Waals surface area contributed by atoms with E-state index in [2.05, 4.69) is 6.58 Å². The van der Waals surface area contributed by atoms with Crippen LogP contribution < -0.4 is 0 Å². The van der Waals surface area contributed by atoms with E-state index in [0.717, 1.165) is 28.7 Å². The number of amides is 1. The molecule has 1 saturated carbocycles. The number of rotatable bonds is 7. The standard InChI is InChI=1S/C27H27Cl2NO3/c1-16-3-10-25(26(32)11-16)30-15-20-13-18(5-8-22(20)27(30)33)4-7-21(31)12-17(2)19-6-9-23(28)24(29)14-19/h5-6,8-9,13-14,17,25H,1,3-4,7,10-12,15H2,2H3. The van der Waals surface area contributed by atoms with E-state index in [1.807, 2.05) is 37.3 Å². The number of halogens is 2. The molecule has 2 atom stereocenters. The van der Waals surface area contributed by atoms with Crippen molar-refractivity contribution in [3.63, 3.8) is 0 Å². The van der Waals surface area contributed by atoms with Crippen molar-refractivity contribution in [2.75, 3.05) is 0 Å². The molecule has 0 N–H and O–H groups in total. The Morgan fingerprint density at radius 1 is 1.15 bits per heavy atom. The Hall–Kier alpha value is -2.43. The number of carbonyl (C=O) groups excluding carboxylic acids is 3. The molecule has 2 unspecified atom stereocenters. The molecular weight excluding hydrogens is 457 g/mol. The minimum Gasteiger partial charge on any atom is -0.324 e. The van der Waals surface area contributed by atoms with Crippen LogP contribution >= 0.6 is 23.2 Å². The van der Waals surface area contributed by atoms with E-state index in [1.165, 1.54) is 0 Å². The van der Waals surface area contributed by atoms with Gasteiger partial charge in [0.25, 0.3) is 5.91 Å². The van der Waals surface area contributed by atoms with E-state index in [4.69, 9.17) is 23.2 Å². The highest BCUT2D eigenvalue weighted by Gasteiger charge is 2.37. The molecule has 0 saturated heterocycles. The maximum absolute atomic E-state index is 12.9. The third-order valence-electron chi connectivity index (χ3n) is 6.68. The highest BCUT2D eigenvalue weighted by molar-refractivity contribution is 6.42. The molecule has 33 heavy (non-hydrogen) atoms. The van der Waals surface area contributed by atoms with E-state index in [9.17, 15) is 14.4 Å². The van der Waals surface area contributed by atoms with E-state index in [-0.39, 0.29) is 29.4 Å². The largest absolute Gasteiger partial charge is 0.324 e. The summed E-state index contributed by atoms with van der Waals surface area (Å²) >= 11 is 12.1. The normalized spacial score (nSPS) is 19.1. The summed E-state index contributed by atoms with van der Waals surface area (Å²) in [4.78, 5) is 39.6. The molecular formula is C27H27Cl2NO3. The van der Waals surface area contributed by atoms with Gasteiger partial charge in [-0.1, -0.05) is 60.5 Å². The molecule has 1 amide bonds. The Balaban J connectivity index is 1.35. The number of benzene rings is 2. The van der Waals surface area contributed by atoms with Gasteiger partial charge in [-0.25, -0.2) is 0 Å². The van der Waals surface area contributed by atoms with Gasteiger partial charge in [-0.2, -0.15) is 0 Å². The highest BCUT2D eigenvalue weighted by atomic mass is 35.5. The first-order chi connectivity index (χ1) is 15.7. The number of hydrogen-bond acceptors (Lipinski definition) is 3. The van der Waals surface area contributed by atoms with Crippen LogP contribution in [0, 0.1) is 0 Å². The van der Waals surface area contributed by atoms with Crippen LogP contribution in [0.4, 0.5) is 0 Å². The zero-order valence-electron chi connectivity index (χ0n) is 18.7. The number of ketones is 2. The first-order valence-corrected chi connectivity index (χ1v) is 12.1. The van der Waals surface area contributed by atoms with Crippen molar-refractivity contribution in [2.24, 2.45) is 0 Å². The molecule has 1 aliphatic heterocycles. The molecule has 0 radical (unpaired) electrons. The van der Waals surface area contributed by atoms with Crippen molar-refractivity contribution < 1.29 is 14.4 Å². The lowest BCUT2D eigenvalue weighted by atomic mass is 9.90. The van der Waals surface area contributed by atoms with Gasteiger partial charge in [-0.15, -0.1) is 0 Å². The lowest BCUT2D eigenvalue weighted by Gasteiger charge is -2.30. The lowest BCUT2D eigenvalue weighted by molar-refractivity contribution is -0.124. The van der Waals surface area contributed by atoms with Crippen molar-refractivity contribution >= 4 is 40.7 Å². The second-order valence-corrected chi connectivity index (χ2v) is 10.0. The first kappa shape index (κ1) is 23.7. The molecule has 2 aromatic rings. The van der Waals surface area contributed by atoms with E-state index >= 15 is 0 Å². The van der Waals surface area contributed by atoms with Gasteiger partial charge in [0.05, 0.1) is 16.1 Å². The Labute approximate surface area is 204 Å². The van der Waals surface area contributed by atoms with Crippen molar-refractivity contribution in [2.45, 2.75) is 64.0 Å². The van der Waals surface area contributed by atoms with E-state index in [0.29, 0.717) is 54.3 Å². The van der Waals surface area contributed by atoms with E-state index in [1.54, 1.807) is 11.0 Å². The van der Waals surface area contributed by atoms with Gasteiger partial charge in [0.15, 0.2) is 5.78 Å². The third kappa shape index (κ3) is 5.23. The second kappa shape index (κ2) is 9.82. The monoisotopic (exact) mass is 483 g/mol. The Morgan fingerprint density at radius 2 is 1.94 bits per heavy atom. The molecule has 2 aromatic carbocycles. The van der Waals surface area contributed by atoms with Crippen LogP contribution in [0.3, 0.4) is 0 Å². The smallest absolute Gasteiger partial charge is 0.255 e. The first-order valence-electron chi connectivity index (χ1n) is 11.3. The second-order valence-electron chi connectivity index (χ2n) is 9.19. The summed E-state index contributed by atoms with van der Waals surface area (Å²) in [5.41, 5.74) is 4.57. The number of allylic oxidation sites excluding steroid dienone is 1. The molecule has 4 nitrogen and oxygen atoms in total. The predicted octanol–water partition coefficient (Wildman–Crippen LogP) is 6.32. The summed E-state index contributed by atoms with van der Waals surface area (Å²) in [6, 6.07) is 10.9. The molecule has 4 rings (SSSR count). The van der Waals surface area contributed by atoms with Gasteiger partial charge < -0.3 is 4.90 Å². The summed E-state index contributed by atoms with van der Waals surface area (Å²) in [5, 5.41) is 1.00. The highest BCUT2D eigenvalue weighted by Crippen LogP contribution is 2.32. The number of fused-ring (bicyclic) bond motifs is 1. The molecule has 1 fully saturated rings. The fourth-order valence-electron chi connectivity index (χ4n) is 4.75. The van der Waals surface area contributed by atoms with Crippen LogP contribution in [0.1, 0.15) is 72.0 Å². The summed E-state index contributed by atoms with van der Waals surface area (Å²) in [6.07, 6.45) is 3.28. The molecule has 1 aliphatic carbocycles. The maximum atomic E-state index is 12.9. The number of aryl methyl sites for hydroxylation is 1. The van der Waals surface area contributed by atoms with Crippen LogP contribution in [-0.4, -0.2) is 28.4 Å². The third-order valence-corrected chi connectivity index (χ3v) is 7.42. The van der Waals surface area contributed by atoms with Crippen molar-refractivity contribution in [3.05, 3.63) is 80.8 Å². The van der Waals surface area contributed by atoms with Crippen molar-refractivity contribution in [3.8, 4) is 0 Å². The predicted molar refractivity (Wildman–Crippen MR) is 131 cm³/mol. The van der Waals surface area contributed by atoms with E-state index < -0.39 is 0 Å². The fourth-order valence-corrected chi connectivity index (χ4v) is 5.06. The van der Waals surface area contributed by atoms with Gasteiger partial charge in [-0.05, 0) is 60.1 Å². The average molecular weight is 484 g/mol. The SMILES string of the molecule is C=C1CCC(N2Cc3cc(CCC(=O)CC(C)c4ccc(Cl)c(Cl)c4)ccc3C2=O)C(=O)C1. The van der Waals surface area contributed by atoms with Crippen molar-refractivity contribution in [1.29, 1.82) is 0 Å². The molecule has 0 spiro atoms. The van der Waals surface area contributed by atoms with Crippen LogP contribution in [0.2, 0.25) is 10.0 Å². The summed E-state index contributed by atoms with van der Waals surface area (Å²) < 4.78 is 0. The van der Waals surface area contributed by atoms with Gasteiger partial charge >= 0.3 is 0 Å². The van der Waals surface area contributed by atoms with Gasteiger partial charge in [0.2, 0.25) is 0 Å². The fraction of sp³-hybridized carbons (Fsp3) is 0.370. The lowest BCUT2D eigenvalue weighted by Crippen LogP contribution is -2.43. The minimum absolute atomic E-state index is 0.0579. The number of nitrogens with zero attached hydrogens (tertiary/aromatic N) is 1. The molecule has 0 aromatic heterocycles. The quantitative estimate of drug-likeness (QED) is 0.432. The zero-order chi connectivity index (χ0) is 23.7. The molecule has 0 bridgehead atoms. The van der Waals surface area contributed by atoms with Crippen LogP contribution in [-0.2, 0) is 22.6 Å². The molecule has 1 heterocycles. The molecule has 2 aliphatic rings. The van der Waals surface area contributed by atoms with Gasteiger partial charge in [0.1, 0.15) is 5.78 Å². The minimum atomic E-state index is -0.358. The number of hydrogen-bond donors (Lipinski definition) is 0. The van der Waals surface area contributed by atoms with Crippen LogP contribution in [0.25, 0.3) is 0 Å². The zero-order valence-corrected chi connectivity index (χ0v) is 20.2. The number of carbonyl (C=O) groups is 3. The Kier molecular flexibility index (Phi) is 7.06. The average Bonchev–Trinajstić information content (AvgIpc) is 3.09. The summed E-state index contributed by atoms with van der Waals surface area (Å²) in [5.74, 6) is 0.241. The summed E-state index contributed by atoms with van der Waals surface area (Å²) in [6.45, 7) is 6.37. The Bertz CT molecular complexity index is 1140. The van der Waals surface area contributed by atoms with Crippen molar-refractivity contribution in [1.82, 2.24) is 4.90 Å². The molecule has 172 valence electrons. The molecule has 6 heteroatoms. The van der Waals surface area contributed by atoms with Crippen LogP contribution in [0.15, 0.2) is 48.6 Å². The topological polar surface area (TPSA) is 54.5 Å². The van der Waals surface area contributed by atoms with Crippen LogP contribution in [0.5, 0.6) is 0 Å². The Morgan fingerprint density at radius 3 is 2.67 bits per heavy atom.